The molecule has 1 aromatic heterocycles. The summed E-state index contributed by atoms with van der Waals surface area (Å²) in [7, 11) is 3.34. The zero-order chi connectivity index (χ0) is 19.2. The van der Waals surface area contributed by atoms with Gasteiger partial charge in [0.05, 0.1) is 18.3 Å². The van der Waals surface area contributed by atoms with Crippen molar-refractivity contribution in [2.45, 2.75) is 13.2 Å². The molecule has 3 rings (SSSR count). The van der Waals surface area contributed by atoms with Crippen LogP contribution in [0.5, 0.6) is 11.5 Å². The number of nitrogens with zero attached hydrogens (tertiary/aromatic N) is 2. The van der Waals surface area contributed by atoms with Gasteiger partial charge in [0.2, 0.25) is 0 Å². The Hall–Kier alpha value is -2.57. The summed E-state index contributed by atoms with van der Waals surface area (Å²) < 4.78 is 11.1. The largest absolute Gasteiger partial charge is 0.496 e. The van der Waals surface area contributed by atoms with E-state index in [1.807, 2.05) is 11.4 Å². The molecule has 27 heavy (non-hydrogen) atoms. The van der Waals surface area contributed by atoms with E-state index in [-0.39, 0.29) is 5.91 Å². The molecule has 2 aromatic carbocycles. The van der Waals surface area contributed by atoms with Gasteiger partial charge in [-0.05, 0) is 36.4 Å². The second-order valence-electron chi connectivity index (χ2n) is 5.91. The Morgan fingerprint density at radius 1 is 1.26 bits per heavy atom. The first-order chi connectivity index (χ1) is 13.1. The molecule has 0 saturated heterocycles. The van der Waals surface area contributed by atoms with Crippen LogP contribution in [0.3, 0.4) is 0 Å². The van der Waals surface area contributed by atoms with E-state index in [1.165, 1.54) is 11.3 Å². The Kier molecular flexibility index (Phi) is 6.32. The highest BCUT2D eigenvalue weighted by Crippen LogP contribution is 2.24. The average molecular weight is 403 g/mol. The molecule has 3 aromatic rings. The smallest absolute Gasteiger partial charge is 0.254 e. The first-order valence-corrected chi connectivity index (χ1v) is 9.56. The van der Waals surface area contributed by atoms with E-state index in [1.54, 1.807) is 61.0 Å². The minimum Gasteiger partial charge on any atom is -0.496 e. The maximum Gasteiger partial charge on any atom is 0.254 e. The SMILES string of the molecule is COc1ccc(Cl)cc1CN(C)C(=O)c1cccc(OCc2cscn2)c1. The summed E-state index contributed by atoms with van der Waals surface area (Å²) in [5.41, 5.74) is 4.02. The van der Waals surface area contributed by atoms with Crippen LogP contribution in [0.1, 0.15) is 21.6 Å². The number of carbonyl (C=O) groups is 1. The van der Waals surface area contributed by atoms with Crippen molar-refractivity contribution in [3.63, 3.8) is 0 Å². The van der Waals surface area contributed by atoms with Crippen LogP contribution in [0.15, 0.2) is 53.4 Å². The van der Waals surface area contributed by atoms with Gasteiger partial charge in [0.15, 0.2) is 0 Å². The van der Waals surface area contributed by atoms with E-state index in [9.17, 15) is 4.79 Å². The van der Waals surface area contributed by atoms with Crippen LogP contribution in [0.4, 0.5) is 0 Å². The van der Waals surface area contributed by atoms with Crippen LogP contribution in [0.25, 0.3) is 0 Å². The second-order valence-corrected chi connectivity index (χ2v) is 7.07. The first-order valence-electron chi connectivity index (χ1n) is 8.24. The van der Waals surface area contributed by atoms with E-state index >= 15 is 0 Å². The van der Waals surface area contributed by atoms with Crippen LogP contribution >= 0.6 is 22.9 Å². The van der Waals surface area contributed by atoms with Crippen LogP contribution in [0, 0.1) is 0 Å². The Labute approximate surface area is 167 Å². The maximum absolute atomic E-state index is 12.8. The highest BCUT2D eigenvalue weighted by Gasteiger charge is 2.15. The third-order valence-electron chi connectivity index (χ3n) is 3.95. The molecular formula is C20H19ClN2O3S. The number of amides is 1. The number of benzene rings is 2. The van der Waals surface area contributed by atoms with Crippen LogP contribution in [0.2, 0.25) is 5.02 Å². The summed E-state index contributed by atoms with van der Waals surface area (Å²) in [5.74, 6) is 1.21. The monoisotopic (exact) mass is 402 g/mol. The third kappa shape index (κ3) is 4.99. The van der Waals surface area contributed by atoms with Gasteiger partial charge in [0, 0.05) is 35.1 Å². The van der Waals surface area contributed by atoms with Gasteiger partial charge in [-0.15, -0.1) is 11.3 Å². The first kappa shape index (κ1) is 19.2. The van der Waals surface area contributed by atoms with Crippen molar-refractivity contribution in [2.75, 3.05) is 14.2 Å². The summed E-state index contributed by atoms with van der Waals surface area (Å²) >= 11 is 7.59. The van der Waals surface area contributed by atoms with Crippen molar-refractivity contribution in [3.8, 4) is 11.5 Å². The molecule has 0 saturated carbocycles. The number of rotatable bonds is 7. The van der Waals surface area contributed by atoms with Crippen molar-refractivity contribution in [2.24, 2.45) is 0 Å². The van der Waals surface area contributed by atoms with Crippen molar-refractivity contribution < 1.29 is 14.3 Å². The lowest BCUT2D eigenvalue weighted by molar-refractivity contribution is 0.0783. The van der Waals surface area contributed by atoms with Crippen molar-refractivity contribution in [1.82, 2.24) is 9.88 Å². The van der Waals surface area contributed by atoms with Gasteiger partial charge in [-0.25, -0.2) is 4.98 Å². The zero-order valence-corrected chi connectivity index (χ0v) is 16.6. The van der Waals surface area contributed by atoms with E-state index < -0.39 is 0 Å². The van der Waals surface area contributed by atoms with Crippen LogP contribution in [-0.4, -0.2) is 29.9 Å². The summed E-state index contributed by atoms with van der Waals surface area (Å²) in [6.07, 6.45) is 0. The molecule has 0 spiro atoms. The molecule has 1 amide bonds. The van der Waals surface area contributed by atoms with Gasteiger partial charge >= 0.3 is 0 Å². The molecule has 0 aliphatic rings. The molecule has 0 fully saturated rings. The molecule has 0 radical (unpaired) electrons. The second kappa shape index (κ2) is 8.88. The van der Waals surface area contributed by atoms with E-state index in [0.29, 0.717) is 35.2 Å². The number of carbonyl (C=O) groups excluding carboxylic acids is 1. The molecule has 1 heterocycles. The summed E-state index contributed by atoms with van der Waals surface area (Å²) in [6.45, 7) is 0.753. The molecule has 0 unspecified atom stereocenters. The number of ether oxygens (including phenoxy) is 2. The molecular weight excluding hydrogens is 384 g/mol. The van der Waals surface area contributed by atoms with E-state index in [2.05, 4.69) is 4.98 Å². The van der Waals surface area contributed by atoms with Gasteiger partial charge in [-0.3, -0.25) is 4.79 Å². The molecule has 140 valence electrons. The Bertz CT molecular complexity index is 915. The molecule has 0 atom stereocenters. The standard InChI is InChI=1S/C20H19ClN2O3S/c1-23(10-15-8-16(21)6-7-19(15)25-2)20(24)14-4-3-5-18(9-14)26-11-17-12-27-13-22-17/h3-9,12-13H,10-11H2,1-2H3. The number of halogens is 1. The van der Waals surface area contributed by atoms with Crippen molar-refractivity contribution >= 4 is 28.8 Å². The maximum atomic E-state index is 12.8. The predicted molar refractivity (Wildman–Crippen MR) is 107 cm³/mol. The van der Waals surface area contributed by atoms with Crippen LogP contribution in [-0.2, 0) is 13.2 Å². The lowest BCUT2D eigenvalue weighted by Gasteiger charge is -2.19. The molecule has 0 N–H and O–H groups in total. The van der Waals surface area contributed by atoms with E-state index in [0.717, 1.165) is 11.3 Å². The minimum absolute atomic E-state index is 0.115. The highest BCUT2D eigenvalue weighted by atomic mass is 35.5. The number of thiazole rings is 1. The fraction of sp³-hybridized carbons (Fsp3) is 0.200. The minimum atomic E-state index is -0.115. The molecule has 7 heteroatoms. The fourth-order valence-electron chi connectivity index (χ4n) is 2.60. The zero-order valence-electron chi connectivity index (χ0n) is 15.0. The Morgan fingerprint density at radius 3 is 2.85 bits per heavy atom. The Balaban J connectivity index is 1.69. The predicted octanol–water partition coefficient (Wildman–Crippen LogP) is 4.66. The van der Waals surface area contributed by atoms with Gasteiger partial charge in [-0.1, -0.05) is 17.7 Å². The summed E-state index contributed by atoms with van der Waals surface area (Å²) in [6, 6.07) is 12.5. The quantitative estimate of drug-likeness (QED) is 0.577. The number of hydrogen-bond donors (Lipinski definition) is 0. The third-order valence-corrected chi connectivity index (χ3v) is 4.82. The number of hydrogen-bond acceptors (Lipinski definition) is 5. The van der Waals surface area contributed by atoms with Gasteiger partial charge < -0.3 is 14.4 Å². The highest BCUT2D eigenvalue weighted by molar-refractivity contribution is 7.07. The van der Waals surface area contributed by atoms with Crippen molar-refractivity contribution in [3.05, 3.63) is 75.2 Å². The number of aromatic nitrogens is 1. The lowest BCUT2D eigenvalue weighted by Crippen LogP contribution is -2.26. The lowest BCUT2D eigenvalue weighted by atomic mass is 10.1. The van der Waals surface area contributed by atoms with Gasteiger partial charge in [0.25, 0.3) is 5.91 Å². The molecule has 0 bridgehead atoms. The van der Waals surface area contributed by atoms with E-state index in [4.69, 9.17) is 21.1 Å². The van der Waals surface area contributed by atoms with Gasteiger partial charge in [-0.2, -0.15) is 0 Å². The summed E-state index contributed by atoms with van der Waals surface area (Å²) in [4.78, 5) is 18.6. The van der Waals surface area contributed by atoms with Crippen molar-refractivity contribution in [1.29, 1.82) is 0 Å². The Morgan fingerprint density at radius 2 is 2.11 bits per heavy atom. The number of methoxy groups -OCH3 is 1. The average Bonchev–Trinajstić information content (AvgIpc) is 3.20. The molecule has 0 aliphatic carbocycles. The van der Waals surface area contributed by atoms with Crippen LogP contribution < -0.4 is 9.47 Å². The normalized spacial score (nSPS) is 10.5. The topological polar surface area (TPSA) is 51.7 Å². The van der Waals surface area contributed by atoms with Gasteiger partial charge in [0.1, 0.15) is 18.1 Å². The molecule has 0 aliphatic heterocycles. The fourth-order valence-corrected chi connectivity index (χ4v) is 3.34. The molecule has 5 nitrogen and oxygen atoms in total. The summed E-state index contributed by atoms with van der Waals surface area (Å²) in [5, 5.41) is 2.53.